The van der Waals surface area contributed by atoms with Crippen molar-refractivity contribution in [2.24, 2.45) is 0 Å². The second kappa shape index (κ2) is 5.19. The zero-order valence-electron chi connectivity index (χ0n) is 9.90. The van der Waals surface area contributed by atoms with Crippen molar-refractivity contribution in [3.63, 3.8) is 0 Å². The summed E-state index contributed by atoms with van der Waals surface area (Å²) in [5.74, 6) is 0.802. The summed E-state index contributed by atoms with van der Waals surface area (Å²) in [4.78, 5) is 0. The zero-order chi connectivity index (χ0) is 13.2. The molecule has 0 bridgehead atoms. The SMILES string of the molecule is FC(F)c1ccc(-c2cccc3c2OSNC3)cc1. The minimum absolute atomic E-state index is 0.0329. The van der Waals surface area contributed by atoms with E-state index < -0.39 is 6.43 Å². The van der Waals surface area contributed by atoms with Crippen molar-refractivity contribution in [3.05, 3.63) is 53.6 Å². The number of benzene rings is 2. The van der Waals surface area contributed by atoms with Crippen molar-refractivity contribution < 1.29 is 13.0 Å². The van der Waals surface area contributed by atoms with Crippen LogP contribution in [-0.2, 0) is 6.54 Å². The molecule has 0 fully saturated rings. The fourth-order valence-electron chi connectivity index (χ4n) is 2.04. The highest BCUT2D eigenvalue weighted by molar-refractivity contribution is 7.93. The van der Waals surface area contributed by atoms with Gasteiger partial charge >= 0.3 is 0 Å². The molecule has 0 aromatic heterocycles. The van der Waals surface area contributed by atoms with E-state index in [2.05, 4.69) is 4.72 Å². The van der Waals surface area contributed by atoms with Gasteiger partial charge in [-0.1, -0.05) is 42.5 Å². The molecule has 1 heterocycles. The van der Waals surface area contributed by atoms with E-state index in [0.717, 1.165) is 29.0 Å². The lowest BCUT2D eigenvalue weighted by atomic mass is 10.0. The monoisotopic (exact) mass is 279 g/mol. The van der Waals surface area contributed by atoms with Crippen LogP contribution < -0.4 is 8.91 Å². The van der Waals surface area contributed by atoms with E-state index in [0.29, 0.717) is 0 Å². The molecule has 2 aromatic rings. The van der Waals surface area contributed by atoms with Crippen LogP contribution in [0.25, 0.3) is 11.1 Å². The number of hydrogen-bond acceptors (Lipinski definition) is 3. The molecule has 1 aliphatic rings. The van der Waals surface area contributed by atoms with E-state index in [1.165, 1.54) is 24.4 Å². The van der Waals surface area contributed by atoms with E-state index in [1.54, 1.807) is 12.1 Å². The average Bonchev–Trinajstić information content (AvgIpc) is 2.47. The number of rotatable bonds is 2. The van der Waals surface area contributed by atoms with Gasteiger partial charge in [0.2, 0.25) is 0 Å². The first-order valence-electron chi connectivity index (χ1n) is 5.82. The molecule has 1 N–H and O–H groups in total. The minimum atomic E-state index is -2.44. The first-order chi connectivity index (χ1) is 9.25. The van der Waals surface area contributed by atoms with Crippen molar-refractivity contribution in [1.29, 1.82) is 0 Å². The number of para-hydroxylation sites is 1. The van der Waals surface area contributed by atoms with Gasteiger partial charge in [0, 0.05) is 23.2 Å². The van der Waals surface area contributed by atoms with E-state index in [9.17, 15) is 8.78 Å². The Kier molecular flexibility index (Phi) is 3.40. The highest BCUT2D eigenvalue weighted by atomic mass is 32.2. The molecule has 0 saturated carbocycles. The number of halogens is 2. The third-order valence-corrected chi connectivity index (χ3v) is 3.53. The highest BCUT2D eigenvalue weighted by Crippen LogP contribution is 2.37. The van der Waals surface area contributed by atoms with Gasteiger partial charge in [-0.25, -0.2) is 13.5 Å². The molecule has 0 unspecified atom stereocenters. The maximum Gasteiger partial charge on any atom is 0.263 e. The topological polar surface area (TPSA) is 21.3 Å². The van der Waals surface area contributed by atoms with Crippen molar-refractivity contribution in [3.8, 4) is 16.9 Å². The smallest absolute Gasteiger partial charge is 0.263 e. The maximum absolute atomic E-state index is 12.5. The quantitative estimate of drug-likeness (QED) is 0.653. The second-order valence-corrected chi connectivity index (χ2v) is 4.83. The van der Waals surface area contributed by atoms with Crippen LogP contribution in [0.5, 0.6) is 5.75 Å². The maximum atomic E-state index is 12.5. The van der Waals surface area contributed by atoms with Gasteiger partial charge in [-0.2, -0.15) is 0 Å². The first-order valence-corrected chi connectivity index (χ1v) is 6.56. The van der Waals surface area contributed by atoms with E-state index in [4.69, 9.17) is 4.18 Å². The van der Waals surface area contributed by atoms with Gasteiger partial charge in [-0.3, -0.25) is 0 Å². The van der Waals surface area contributed by atoms with Crippen LogP contribution in [0.4, 0.5) is 8.78 Å². The fourth-order valence-corrected chi connectivity index (χ4v) is 2.59. The highest BCUT2D eigenvalue weighted by Gasteiger charge is 2.16. The van der Waals surface area contributed by atoms with Crippen molar-refractivity contribution >= 4 is 12.2 Å². The summed E-state index contributed by atoms with van der Waals surface area (Å²) in [6.07, 6.45) is -2.44. The number of alkyl halides is 2. The lowest BCUT2D eigenvalue weighted by molar-refractivity contribution is 0.151. The molecule has 0 aliphatic carbocycles. The molecular formula is C14H11F2NOS. The molecule has 19 heavy (non-hydrogen) atoms. The van der Waals surface area contributed by atoms with E-state index in [1.807, 2.05) is 18.2 Å². The predicted molar refractivity (Wildman–Crippen MR) is 71.9 cm³/mol. The van der Waals surface area contributed by atoms with Crippen molar-refractivity contribution in [1.82, 2.24) is 4.72 Å². The summed E-state index contributed by atoms with van der Waals surface area (Å²) in [5.41, 5.74) is 2.90. The standard InChI is InChI=1S/C14H11F2NOS/c15-14(16)10-6-4-9(5-7-10)12-3-1-2-11-8-17-19-18-13(11)12/h1-7,14,17H,8H2. The van der Waals surface area contributed by atoms with Gasteiger partial charge in [0.1, 0.15) is 12.2 Å². The lowest BCUT2D eigenvalue weighted by Crippen LogP contribution is -2.12. The lowest BCUT2D eigenvalue weighted by Gasteiger charge is -2.19. The Morgan fingerprint density at radius 2 is 1.89 bits per heavy atom. The summed E-state index contributed by atoms with van der Waals surface area (Å²) in [6.45, 7) is 0.725. The van der Waals surface area contributed by atoms with Crippen molar-refractivity contribution in [2.75, 3.05) is 0 Å². The fraction of sp³-hybridized carbons (Fsp3) is 0.143. The van der Waals surface area contributed by atoms with Crippen LogP contribution in [0.3, 0.4) is 0 Å². The van der Waals surface area contributed by atoms with Crippen LogP contribution >= 0.6 is 12.2 Å². The third-order valence-electron chi connectivity index (χ3n) is 3.02. The Bertz CT molecular complexity index is 586. The molecule has 0 radical (unpaired) electrons. The largest absolute Gasteiger partial charge is 0.409 e. The Balaban J connectivity index is 2.02. The van der Waals surface area contributed by atoms with E-state index in [-0.39, 0.29) is 5.56 Å². The molecule has 98 valence electrons. The summed E-state index contributed by atoms with van der Waals surface area (Å²) >= 11 is 1.18. The van der Waals surface area contributed by atoms with Crippen LogP contribution in [0.2, 0.25) is 0 Å². The molecule has 0 atom stereocenters. The molecule has 2 aromatic carbocycles. The summed E-state index contributed by atoms with van der Waals surface area (Å²) in [5, 5.41) is 0. The second-order valence-electron chi connectivity index (χ2n) is 4.20. The molecule has 0 saturated heterocycles. The van der Waals surface area contributed by atoms with E-state index >= 15 is 0 Å². The predicted octanol–water partition coefficient (Wildman–Crippen LogP) is 4.34. The molecule has 0 amide bonds. The number of hydrogen-bond donors (Lipinski definition) is 1. The summed E-state index contributed by atoms with van der Waals surface area (Å²) in [6, 6.07) is 12.2. The summed E-state index contributed by atoms with van der Waals surface area (Å²) in [7, 11) is 0. The van der Waals surface area contributed by atoms with Gasteiger partial charge in [0.05, 0.1) is 0 Å². The number of fused-ring (bicyclic) bond motifs is 1. The third kappa shape index (κ3) is 2.43. The normalized spacial score (nSPS) is 14.1. The Labute approximate surface area is 114 Å². The minimum Gasteiger partial charge on any atom is -0.409 e. The van der Waals surface area contributed by atoms with Crippen LogP contribution in [0.1, 0.15) is 17.6 Å². The average molecular weight is 279 g/mol. The van der Waals surface area contributed by atoms with Crippen LogP contribution in [0, 0.1) is 0 Å². The molecule has 2 nitrogen and oxygen atoms in total. The molecule has 5 heteroatoms. The molecule has 1 aliphatic heterocycles. The van der Waals surface area contributed by atoms with Gasteiger partial charge in [0.25, 0.3) is 6.43 Å². The Morgan fingerprint density at radius 3 is 2.63 bits per heavy atom. The molecule has 3 rings (SSSR count). The number of nitrogens with one attached hydrogen (secondary N) is 1. The first kappa shape index (κ1) is 12.4. The Hall–Kier alpha value is -1.59. The molecular weight excluding hydrogens is 268 g/mol. The Morgan fingerprint density at radius 1 is 1.11 bits per heavy atom. The van der Waals surface area contributed by atoms with Gasteiger partial charge in [0.15, 0.2) is 5.75 Å². The summed E-state index contributed by atoms with van der Waals surface area (Å²) < 4.78 is 33.7. The van der Waals surface area contributed by atoms with Gasteiger partial charge < -0.3 is 4.18 Å². The van der Waals surface area contributed by atoms with Crippen LogP contribution in [-0.4, -0.2) is 0 Å². The van der Waals surface area contributed by atoms with Crippen molar-refractivity contribution in [2.45, 2.75) is 13.0 Å². The van der Waals surface area contributed by atoms with Gasteiger partial charge in [-0.15, -0.1) is 0 Å². The zero-order valence-corrected chi connectivity index (χ0v) is 10.7. The molecule has 0 spiro atoms. The van der Waals surface area contributed by atoms with Gasteiger partial charge in [-0.05, 0) is 5.56 Å². The van der Waals surface area contributed by atoms with Crippen LogP contribution in [0.15, 0.2) is 42.5 Å².